The van der Waals surface area contributed by atoms with E-state index in [1.165, 1.54) is 30.2 Å². The molecule has 3 rings (SSSR count). The maximum Gasteiger partial charge on any atom is 0.131 e. The second kappa shape index (κ2) is 9.29. The Balaban J connectivity index is 1.86. The monoisotopic (exact) mass is 397 g/mol. The van der Waals surface area contributed by atoms with Crippen LogP contribution in [0.4, 0.5) is 8.78 Å². The number of aliphatic imine (C=N–C) groups is 1. The lowest BCUT2D eigenvalue weighted by Gasteiger charge is -2.20. The number of aryl methyl sites for hydroxylation is 1. The third-order valence-corrected chi connectivity index (χ3v) is 6.17. The second-order valence-corrected chi connectivity index (χ2v) is 7.95. The summed E-state index contributed by atoms with van der Waals surface area (Å²) in [6, 6.07) is 4.73. The molecule has 0 N–H and O–H groups in total. The molecule has 0 radical (unpaired) electrons. The van der Waals surface area contributed by atoms with Crippen LogP contribution in [-0.2, 0) is 13.5 Å². The molecule has 29 heavy (non-hydrogen) atoms. The predicted octanol–water partition coefficient (Wildman–Crippen LogP) is 6.08. The van der Waals surface area contributed by atoms with Gasteiger partial charge in [-0.25, -0.2) is 8.78 Å². The van der Waals surface area contributed by atoms with Gasteiger partial charge >= 0.3 is 0 Å². The maximum atomic E-state index is 14.9. The molecule has 1 aliphatic rings. The van der Waals surface area contributed by atoms with Gasteiger partial charge in [-0.1, -0.05) is 19.9 Å². The molecule has 3 unspecified atom stereocenters. The van der Waals surface area contributed by atoms with E-state index in [-0.39, 0.29) is 17.3 Å². The summed E-state index contributed by atoms with van der Waals surface area (Å²) >= 11 is 0. The van der Waals surface area contributed by atoms with Gasteiger partial charge in [0, 0.05) is 42.8 Å². The topological polar surface area (TPSA) is 30.2 Å². The Bertz CT molecular complexity index is 926. The van der Waals surface area contributed by atoms with E-state index in [9.17, 15) is 8.78 Å². The molecule has 3 nitrogen and oxygen atoms in total. The Hall–Kier alpha value is -2.56. The fraction of sp³-hybridized carbons (Fsp3) is 0.417. The highest BCUT2D eigenvalue weighted by atomic mass is 19.1. The summed E-state index contributed by atoms with van der Waals surface area (Å²) in [4.78, 5) is 3.87. The molecule has 0 saturated heterocycles. The lowest BCUT2D eigenvalue weighted by Crippen LogP contribution is -2.14. The summed E-state index contributed by atoms with van der Waals surface area (Å²) < 4.78 is 31.6. The summed E-state index contributed by atoms with van der Waals surface area (Å²) in [6.45, 7) is 7.44. The summed E-state index contributed by atoms with van der Waals surface area (Å²) in [5.74, 6) is 0.474. The van der Waals surface area contributed by atoms with Gasteiger partial charge in [0.2, 0.25) is 0 Å². The largest absolute Gasteiger partial charge is 0.272 e. The first-order valence-corrected chi connectivity index (χ1v) is 10.2. The normalized spacial score (nSPS) is 22.5. The van der Waals surface area contributed by atoms with Crippen LogP contribution >= 0.6 is 0 Å². The van der Waals surface area contributed by atoms with E-state index in [4.69, 9.17) is 0 Å². The van der Waals surface area contributed by atoms with E-state index in [1.54, 1.807) is 13.0 Å². The van der Waals surface area contributed by atoms with Gasteiger partial charge in [0.05, 0.1) is 0 Å². The van der Waals surface area contributed by atoms with Crippen molar-refractivity contribution >= 4 is 11.8 Å². The van der Waals surface area contributed by atoms with Gasteiger partial charge in [0.15, 0.2) is 0 Å². The van der Waals surface area contributed by atoms with Crippen LogP contribution < -0.4 is 0 Å². The number of rotatable bonds is 7. The minimum absolute atomic E-state index is 0.266. The molecular formula is C24H29F2N3. The van der Waals surface area contributed by atoms with Crippen LogP contribution in [0.1, 0.15) is 55.8 Å². The zero-order chi connectivity index (χ0) is 21.0. The van der Waals surface area contributed by atoms with Gasteiger partial charge in [-0.15, -0.1) is 0 Å². The molecule has 0 bridgehead atoms. The van der Waals surface area contributed by atoms with Gasteiger partial charge in [0.25, 0.3) is 0 Å². The molecule has 1 fully saturated rings. The van der Waals surface area contributed by atoms with Gasteiger partial charge in [-0.2, -0.15) is 5.10 Å². The molecule has 1 aromatic heterocycles. The average Bonchev–Trinajstić information content (AvgIpc) is 3.30. The van der Waals surface area contributed by atoms with Crippen LogP contribution in [-0.4, -0.2) is 16.0 Å². The smallest absolute Gasteiger partial charge is 0.131 e. The van der Waals surface area contributed by atoms with Crippen molar-refractivity contribution in [3.63, 3.8) is 0 Å². The number of halogens is 2. The SMILES string of the molecule is C=CN=C/C=C(\C)c1cc(F)c(CC2CC(CC)CC2c2ccnn2C)cc1F. The standard InChI is InChI=1S/C24H29F2N3/c1-5-17-11-18(21(12-17)24-8-10-28-29(24)4)13-19-14-23(26)20(15-22(19)25)16(3)7-9-27-6-2/h6-10,14-15,17-18,21H,2,5,11-13H2,1,3-4H3/b16-7+,27-9?. The van der Waals surface area contributed by atoms with Crippen LogP contribution in [0.15, 0.2) is 48.2 Å². The first-order valence-electron chi connectivity index (χ1n) is 10.2. The Morgan fingerprint density at radius 1 is 1.31 bits per heavy atom. The average molecular weight is 398 g/mol. The molecule has 3 atom stereocenters. The van der Waals surface area contributed by atoms with Crippen molar-refractivity contribution in [3.8, 4) is 0 Å². The van der Waals surface area contributed by atoms with E-state index in [1.807, 2.05) is 17.9 Å². The lowest BCUT2D eigenvalue weighted by atomic mass is 9.86. The maximum absolute atomic E-state index is 14.9. The van der Waals surface area contributed by atoms with Crippen molar-refractivity contribution in [2.75, 3.05) is 0 Å². The Morgan fingerprint density at radius 3 is 2.76 bits per heavy atom. The summed E-state index contributed by atoms with van der Waals surface area (Å²) in [6.07, 6.45) is 10.1. The number of nitrogens with zero attached hydrogens (tertiary/aromatic N) is 3. The number of hydrogen-bond acceptors (Lipinski definition) is 2. The van der Waals surface area contributed by atoms with Crippen molar-refractivity contribution in [3.05, 3.63) is 71.7 Å². The first-order chi connectivity index (χ1) is 13.9. The van der Waals surface area contributed by atoms with Crippen molar-refractivity contribution < 1.29 is 8.78 Å². The Morgan fingerprint density at radius 2 is 2.10 bits per heavy atom. The van der Waals surface area contributed by atoms with E-state index in [0.717, 1.165) is 19.3 Å². The summed E-state index contributed by atoms with van der Waals surface area (Å²) in [5, 5.41) is 4.31. The van der Waals surface area contributed by atoms with Crippen LogP contribution in [0.25, 0.3) is 5.57 Å². The number of aromatic nitrogens is 2. The van der Waals surface area contributed by atoms with Crippen molar-refractivity contribution in [1.29, 1.82) is 0 Å². The van der Waals surface area contributed by atoms with Crippen molar-refractivity contribution in [2.45, 2.75) is 45.4 Å². The molecule has 1 aromatic carbocycles. The second-order valence-electron chi connectivity index (χ2n) is 7.95. The van der Waals surface area contributed by atoms with Crippen LogP contribution in [0, 0.1) is 23.5 Å². The van der Waals surface area contributed by atoms with Crippen LogP contribution in [0.2, 0.25) is 0 Å². The minimum Gasteiger partial charge on any atom is -0.272 e. The van der Waals surface area contributed by atoms with E-state index >= 15 is 0 Å². The molecule has 0 amide bonds. The first kappa shape index (κ1) is 21.2. The number of allylic oxidation sites excluding steroid dienone is 2. The Kier molecular flexibility index (Phi) is 6.78. The van der Waals surface area contributed by atoms with Gasteiger partial charge in [-0.05, 0) is 73.4 Å². The Labute approximate surface area is 171 Å². The molecule has 2 aromatic rings. The predicted molar refractivity (Wildman–Crippen MR) is 115 cm³/mol. The van der Waals surface area contributed by atoms with Gasteiger partial charge in [0.1, 0.15) is 11.6 Å². The lowest BCUT2D eigenvalue weighted by molar-refractivity contribution is 0.440. The fourth-order valence-corrected chi connectivity index (χ4v) is 4.54. The van der Waals surface area contributed by atoms with Gasteiger partial charge in [-0.3, -0.25) is 9.67 Å². The van der Waals surface area contributed by atoms with E-state index in [2.05, 4.69) is 29.7 Å². The number of hydrogen-bond donors (Lipinski definition) is 0. The van der Waals surface area contributed by atoms with E-state index < -0.39 is 5.82 Å². The highest BCUT2D eigenvalue weighted by molar-refractivity contribution is 5.84. The van der Waals surface area contributed by atoms with Crippen molar-refractivity contribution in [2.24, 2.45) is 23.9 Å². The minimum atomic E-state index is -0.399. The van der Waals surface area contributed by atoms with Crippen LogP contribution in [0.3, 0.4) is 0 Å². The highest BCUT2D eigenvalue weighted by Gasteiger charge is 2.36. The molecule has 0 aliphatic heterocycles. The van der Waals surface area contributed by atoms with Gasteiger partial charge < -0.3 is 0 Å². The zero-order valence-corrected chi connectivity index (χ0v) is 17.4. The third kappa shape index (κ3) is 4.72. The molecule has 0 spiro atoms. The highest BCUT2D eigenvalue weighted by Crippen LogP contribution is 2.46. The molecule has 5 heteroatoms. The molecule has 154 valence electrons. The number of benzene rings is 1. The summed E-state index contributed by atoms with van der Waals surface area (Å²) in [5.41, 5.74) is 2.53. The van der Waals surface area contributed by atoms with Crippen LogP contribution in [0.5, 0.6) is 0 Å². The molecule has 1 aliphatic carbocycles. The summed E-state index contributed by atoms with van der Waals surface area (Å²) in [7, 11) is 1.95. The zero-order valence-electron chi connectivity index (χ0n) is 17.4. The fourth-order valence-electron chi connectivity index (χ4n) is 4.54. The molecule has 1 heterocycles. The quantitative estimate of drug-likeness (QED) is 0.521. The third-order valence-electron chi connectivity index (χ3n) is 6.17. The molecular weight excluding hydrogens is 368 g/mol. The van der Waals surface area contributed by atoms with Crippen molar-refractivity contribution in [1.82, 2.24) is 9.78 Å². The molecule has 1 saturated carbocycles. The van der Waals surface area contributed by atoms with E-state index in [0.29, 0.717) is 29.4 Å².